The largest absolute Gasteiger partial charge is 0.298 e. The van der Waals surface area contributed by atoms with Gasteiger partial charge in [0.15, 0.2) is 5.82 Å². The van der Waals surface area contributed by atoms with E-state index in [0.29, 0.717) is 6.04 Å². The maximum absolute atomic E-state index is 4.67. The molecule has 1 saturated heterocycles. The van der Waals surface area contributed by atoms with Crippen molar-refractivity contribution in [1.29, 1.82) is 0 Å². The summed E-state index contributed by atoms with van der Waals surface area (Å²) in [5.74, 6) is 0.834. The van der Waals surface area contributed by atoms with Crippen LogP contribution in [0.2, 0.25) is 0 Å². The first kappa shape index (κ1) is 10.4. The molecule has 3 heterocycles. The molecule has 1 aliphatic rings. The molecule has 0 N–H and O–H groups in total. The Morgan fingerprint density at radius 2 is 2.24 bits per heavy atom. The van der Waals surface area contributed by atoms with Crippen LogP contribution in [0.1, 0.15) is 24.6 Å². The summed E-state index contributed by atoms with van der Waals surface area (Å²) in [7, 11) is 2.14. The Balaban J connectivity index is 1.94. The molecule has 5 heteroatoms. The highest BCUT2D eigenvalue weighted by Crippen LogP contribution is 2.28. The molecule has 2 aromatic rings. The number of nitrogens with zero attached hydrogens (tertiary/aromatic N) is 5. The van der Waals surface area contributed by atoms with Crippen LogP contribution in [0.5, 0.6) is 0 Å². The first-order valence-electron chi connectivity index (χ1n) is 5.85. The molecule has 0 bridgehead atoms. The highest BCUT2D eigenvalue weighted by molar-refractivity contribution is 5.21. The van der Waals surface area contributed by atoms with Crippen LogP contribution in [-0.2, 0) is 0 Å². The van der Waals surface area contributed by atoms with Crippen molar-refractivity contribution in [3.63, 3.8) is 0 Å². The lowest BCUT2D eigenvalue weighted by Crippen LogP contribution is -2.19. The Hall–Kier alpha value is -1.75. The van der Waals surface area contributed by atoms with Gasteiger partial charge in [-0.1, -0.05) is 0 Å². The van der Waals surface area contributed by atoms with Crippen molar-refractivity contribution in [2.24, 2.45) is 0 Å². The molecule has 0 amide bonds. The quantitative estimate of drug-likeness (QED) is 0.781. The second kappa shape index (κ2) is 4.25. The fourth-order valence-electron chi connectivity index (χ4n) is 2.33. The summed E-state index contributed by atoms with van der Waals surface area (Å²) >= 11 is 0. The highest BCUT2D eigenvalue weighted by Gasteiger charge is 2.24. The molecule has 0 radical (unpaired) electrons. The fraction of sp³-hybridized carbons (Fsp3) is 0.417. The van der Waals surface area contributed by atoms with Crippen LogP contribution in [0.4, 0.5) is 0 Å². The summed E-state index contributed by atoms with van der Waals surface area (Å²) in [5, 5.41) is 0. The van der Waals surface area contributed by atoms with Crippen molar-refractivity contribution in [3.05, 3.63) is 36.8 Å². The Labute approximate surface area is 100 Å². The maximum atomic E-state index is 4.67. The fourth-order valence-corrected chi connectivity index (χ4v) is 2.33. The number of rotatable bonds is 2. The summed E-state index contributed by atoms with van der Waals surface area (Å²) in [6.45, 7) is 1.14. The first-order chi connectivity index (χ1) is 8.34. The summed E-state index contributed by atoms with van der Waals surface area (Å²) in [4.78, 5) is 15.3. The molecule has 0 aliphatic carbocycles. The topological polar surface area (TPSA) is 46.8 Å². The minimum Gasteiger partial charge on any atom is -0.298 e. The van der Waals surface area contributed by atoms with E-state index in [1.807, 2.05) is 17.0 Å². The Morgan fingerprint density at radius 3 is 2.94 bits per heavy atom. The van der Waals surface area contributed by atoms with Crippen LogP contribution in [-0.4, -0.2) is 38.0 Å². The van der Waals surface area contributed by atoms with E-state index in [2.05, 4.69) is 26.9 Å². The third kappa shape index (κ3) is 1.93. The number of hydrogen-bond donors (Lipinski definition) is 0. The third-order valence-electron chi connectivity index (χ3n) is 3.27. The van der Waals surface area contributed by atoms with Gasteiger partial charge in [0, 0.05) is 12.4 Å². The SMILES string of the molecule is CN1CCCC1c1cncc(-n2ccnc2)n1. The van der Waals surface area contributed by atoms with Crippen LogP contribution >= 0.6 is 0 Å². The standard InChI is InChI=1S/C12H15N5/c1-16-5-2-3-11(16)10-7-14-8-12(15-10)17-6-4-13-9-17/h4,6-9,11H,2-3,5H2,1H3. The van der Waals surface area contributed by atoms with Gasteiger partial charge >= 0.3 is 0 Å². The lowest BCUT2D eigenvalue weighted by atomic mass is 10.1. The van der Waals surface area contributed by atoms with Gasteiger partial charge in [-0.15, -0.1) is 0 Å². The lowest BCUT2D eigenvalue weighted by molar-refractivity contribution is 0.311. The summed E-state index contributed by atoms with van der Waals surface area (Å²) in [5.41, 5.74) is 1.05. The highest BCUT2D eigenvalue weighted by atomic mass is 15.2. The summed E-state index contributed by atoms with van der Waals surface area (Å²) < 4.78 is 1.88. The monoisotopic (exact) mass is 229 g/mol. The molecule has 0 saturated carbocycles. The smallest absolute Gasteiger partial charge is 0.156 e. The predicted molar refractivity (Wildman–Crippen MR) is 63.8 cm³/mol. The van der Waals surface area contributed by atoms with Crippen molar-refractivity contribution in [1.82, 2.24) is 24.4 Å². The molecular formula is C12H15N5. The van der Waals surface area contributed by atoms with Crippen molar-refractivity contribution in [3.8, 4) is 5.82 Å². The van der Waals surface area contributed by atoms with E-state index in [0.717, 1.165) is 18.1 Å². The normalized spacial score (nSPS) is 20.9. The third-order valence-corrected chi connectivity index (χ3v) is 3.27. The Bertz CT molecular complexity index is 493. The minimum absolute atomic E-state index is 0.408. The number of aromatic nitrogens is 4. The first-order valence-corrected chi connectivity index (χ1v) is 5.85. The second-order valence-electron chi connectivity index (χ2n) is 4.41. The van der Waals surface area contributed by atoms with Gasteiger partial charge in [-0.05, 0) is 26.4 Å². The molecule has 5 nitrogen and oxygen atoms in total. The van der Waals surface area contributed by atoms with E-state index < -0.39 is 0 Å². The summed E-state index contributed by atoms with van der Waals surface area (Å²) in [6.07, 6.45) is 11.4. The zero-order chi connectivity index (χ0) is 11.7. The van der Waals surface area contributed by atoms with Gasteiger partial charge in [0.1, 0.15) is 6.33 Å². The van der Waals surface area contributed by atoms with E-state index in [-0.39, 0.29) is 0 Å². The minimum atomic E-state index is 0.408. The number of imidazole rings is 1. The molecule has 17 heavy (non-hydrogen) atoms. The van der Waals surface area contributed by atoms with E-state index in [1.165, 1.54) is 12.8 Å². The Kier molecular flexibility index (Phi) is 2.60. The van der Waals surface area contributed by atoms with Crippen LogP contribution in [0.25, 0.3) is 5.82 Å². The van der Waals surface area contributed by atoms with E-state index in [4.69, 9.17) is 0 Å². The molecule has 2 aromatic heterocycles. The lowest BCUT2D eigenvalue weighted by Gasteiger charge is -2.18. The van der Waals surface area contributed by atoms with E-state index in [1.54, 1.807) is 18.7 Å². The average molecular weight is 229 g/mol. The van der Waals surface area contributed by atoms with Crippen molar-refractivity contribution in [2.45, 2.75) is 18.9 Å². The molecule has 1 atom stereocenters. The Morgan fingerprint density at radius 1 is 1.29 bits per heavy atom. The van der Waals surface area contributed by atoms with Gasteiger partial charge < -0.3 is 0 Å². The molecule has 1 fully saturated rings. The number of likely N-dealkylation sites (tertiary alicyclic amines) is 1. The van der Waals surface area contributed by atoms with Crippen molar-refractivity contribution in [2.75, 3.05) is 13.6 Å². The van der Waals surface area contributed by atoms with Crippen molar-refractivity contribution >= 4 is 0 Å². The van der Waals surface area contributed by atoms with E-state index >= 15 is 0 Å². The van der Waals surface area contributed by atoms with Crippen LogP contribution in [0.3, 0.4) is 0 Å². The zero-order valence-electron chi connectivity index (χ0n) is 9.82. The van der Waals surface area contributed by atoms with Crippen molar-refractivity contribution < 1.29 is 0 Å². The average Bonchev–Trinajstić information content (AvgIpc) is 2.99. The predicted octanol–water partition coefficient (Wildman–Crippen LogP) is 1.43. The van der Waals surface area contributed by atoms with Gasteiger partial charge in [0.05, 0.1) is 24.1 Å². The van der Waals surface area contributed by atoms with Gasteiger partial charge in [-0.2, -0.15) is 0 Å². The van der Waals surface area contributed by atoms with Gasteiger partial charge in [0.2, 0.25) is 0 Å². The van der Waals surface area contributed by atoms with E-state index in [9.17, 15) is 0 Å². The zero-order valence-corrected chi connectivity index (χ0v) is 9.82. The molecule has 88 valence electrons. The molecule has 0 spiro atoms. The summed E-state index contributed by atoms with van der Waals surface area (Å²) in [6, 6.07) is 0.408. The van der Waals surface area contributed by atoms with Gasteiger partial charge in [-0.3, -0.25) is 14.5 Å². The molecule has 3 rings (SSSR count). The second-order valence-corrected chi connectivity index (χ2v) is 4.41. The van der Waals surface area contributed by atoms with Gasteiger partial charge in [0.25, 0.3) is 0 Å². The van der Waals surface area contributed by atoms with Crippen LogP contribution < -0.4 is 0 Å². The van der Waals surface area contributed by atoms with Crippen LogP contribution in [0, 0.1) is 0 Å². The molecule has 1 unspecified atom stereocenters. The molecular weight excluding hydrogens is 214 g/mol. The maximum Gasteiger partial charge on any atom is 0.156 e. The van der Waals surface area contributed by atoms with Gasteiger partial charge in [-0.25, -0.2) is 9.97 Å². The molecule has 1 aliphatic heterocycles. The molecule has 0 aromatic carbocycles. The van der Waals surface area contributed by atoms with Crippen LogP contribution in [0.15, 0.2) is 31.1 Å². The number of hydrogen-bond acceptors (Lipinski definition) is 4.